The van der Waals surface area contributed by atoms with Crippen LogP contribution < -0.4 is 5.32 Å². The molecule has 0 unspecified atom stereocenters. The Labute approximate surface area is 117 Å². The van der Waals surface area contributed by atoms with Crippen LogP contribution in [0.5, 0.6) is 0 Å². The zero-order valence-corrected chi connectivity index (χ0v) is 10.6. The number of nitrogens with zero attached hydrogens (tertiary/aromatic N) is 3. The molecule has 6 nitrogen and oxygen atoms in total. The van der Waals surface area contributed by atoms with E-state index in [2.05, 4.69) is 15.4 Å². The van der Waals surface area contributed by atoms with E-state index in [1.807, 2.05) is 0 Å². The van der Waals surface area contributed by atoms with Crippen LogP contribution in [0, 0.1) is 0 Å². The predicted molar refractivity (Wildman–Crippen MR) is 65.4 cm³/mol. The summed E-state index contributed by atoms with van der Waals surface area (Å²) in [6.07, 6.45) is -1.38. The summed E-state index contributed by atoms with van der Waals surface area (Å²) in [6, 6.07) is 2.23. The lowest BCUT2D eigenvalue weighted by molar-refractivity contribution is -0.141. The smallest absolute Gasteiger partial charge is 0.433 e. The van der Waals surface area contributed by atoms with E-state index < -0.39 is 18.0 Å². The summed E-state index contributed by atoms with van der Waals surface area (Å²) >= 11 is 0. The number of carbonyl (C=O) groups is 1. The van der Waals surface area contributed by atoms with Crippen molar-refractivity contribution in [3.8, 4) is 0 Å². The summed E-state index contributed by atoms with van der Waals surface area (Å²) in [7, 11) is 0. The van der Waals surface area contributed by atoms with E-state index in [1.165, 1.54) is 16.9 Å². The second-order valence-corrected chi connectivity index (χ2v) is 4.25. The summed E-state index contributed by atoms with van der Waals surface area (Å²) in [5.41, 5.74) is 0.263. The Morgan fingerprint density at radius 2 is 2.05 bits per heavy atom. The maximum Gasteiger partial charge on any atom is 0.433 e. The first kappa shape index (κ1) is 14.8. The summed E-state index contributed by atoms with van der Waals surface area (Å²) in [4.78, 5) is 13.7. The lowest BCUT2D eigenvalue weighted by Gasteiger charge is -2.06. The third kappa shape index (κ3) is 4.20. The van der Waals surface area contributed by atoms with E-state index >= 15 is 0 Å². The van der Waals surface area contributed by atoms with E-state index in [9.17, 15) is 18.0 Å². The SMILES string of the molecule is O=C(O)NCc1cnn(Cc2ccc(C(F)(F)F)nc2)c1. The quantitative estimate of drug-likeness (QED) is 0.906. The lowest BCUT2D eigenvalue weighted by atomic mass is 10.2. The molecule has 1 amide bonds. The van der Waals surface area contributed by atoms with Crippen molar-refractivity contribution in [2.24, 2.45) is 0 Å². The number of aromatic nitrogens is 3. The maximum absolute atomic E-state index is 12.4. The maximum atomic E-state index is 12.4. The molecule has 2 heterocycles. The minimum Gasteiger partial charge on any atom is -0.465 e. The van der Waals surface area contributed by atoms with Gasteiger partial charge in [-0.1, -0.05) is 6.07 Å². The lowest BCUT2D eigenvalue weighted by Crippen LogP contribution is -2.19. The van der Waals surface area contributed by atoms with Gasteiger partial charge in [-0.3, -0.25) is 9.67 Å². The molecule has 21 heavy (non-hydrogen) atoms. The van der Waals surface area contributed by atoms with Crippen molar-refractivity contribution in [2.75, 3.05) is 0 Å². The Morgan fingerprint density at radius 1 is 1.29 bits per heavy atom. The van der Waals surface area contributed by atoms with Crippen LogP contribution in [0.1, 0.15) is 16.8 Å². The molecule has 2 N–H and O–H groups in total. The van der Waals surface area contributed by atoms with Gasteiger partial charge in [-0.15, -0.1) is 0 Å². The van der Waals surface area contributed by atoms with Crippen LogP contribution in [0.2, 0.25) is 0 Å². The van der Waals surface area contributed by atoms with Crippen molar-refractivity contribution in [1.82, 2.24) is 20.1 Å². The van der Waals surface area contributed by atoms with Gasteiger partial charge in [0.25, 0.3) is 0 Å². The van der Waals surface area contributed by atoms with Gasteiger partial charge in [0.05, 0.1) is 12.7 Å². The number of rotatable bonds is 4. The average molecular weight is 300 g/mol. The molecule has 0 bridgehead atoms. The van der Waals surface area contributed by atoms with E-state index in [-0.39, 0.29) is 13.1 Å². The van der Waals surface area contributed by atoms with Crippen LogP contribution in [-0.2, 0) is 19.3 Å². The zero-order chi connectivity index (χ0) is 15.5. The van der Waals surface area contributed by atoms with Crippen LogP contribution in [0.25, 0.3) is 0 Å². The standard InChI is InChI=1S/C12H11F3N4O2/c13-12(14,15)10-2-1-8(3-16-10)6-19-7-9(5-18-19)4-17-11(20)21/h1-3,5,7,17H,4,6H2,(H,20,21). The van der Waals surface area contributed by atoms with Gasteiger partial charge in [-0.25, -0.2) is 4.79 Å². The van der Waals surface area contributed by atoms with Crippen LogP contribution in [-0.4, -0.2) is 26.0 Å². The molecule has 0 aliphatic carbocycles. The molecule has 0 radical (unpaired) electrons. The molecule has 0 fully saturated rings. The number of carboxylic acid groups (broad SMARTS) is 1. The number of amides is 1. The fourth-order valence-corrected chi connectivity index (χ4v) is 1.63. The Balaban J connectivity index is 2.00. The molecule has 0 aliphatic heterocycles. The van der Waals surface area contributed by atoms with Gasteiger partial charge in [-0.05, 0) is 11.6 Å². The number of nitrogens with one attached hydrogen (secondary N) is 1. The molecule has 0 aliphatic rings. The highest BCUT2D eigenvalue weighted by Gasteiger charge is 2.31. The minimum atomic E-state index is -4.46. The number of pyridine rings is 1. The Morgan fingerprint density at radius 3 is 2.62 bits per heavy atom. The summed E-state index contributed by atoms with van der Waals surface area (Å²) in [5, 5.41) is 14.7. The molecule has 2 aromatic heterocycles. The largest absolute Gasteiger partial charge is 0.465 e. The van der Waals surface area contributed by atoms with Gasteiger partial charge >= 0.3 is 12.3 Å². The molecule has 0 saturated heterocycles. The molecular weight excluding hydrogens is 289 g/mol. The van der Waals surface area contributed by atoms with Crippen molar-refractivity contribution >= 4 is 6.09 Å². The van der Waals surface area contributed by atoms with Gasteiger partial charge in [0.15, 0.2) is 0 Å². The van der Waals surface area contributed by atoms with Crippen molar-refractivity contribution in [2.45, 2.75) is 19.3 Å². The van der Waals surface area contributed by atoms with Gasteiger partial charge in [-0.2, -0.15) is 18.3 Å². The van der Waals surface area contributed by atoms with Crippen molar-refractivity contribution in [3.63, 3.8) is 0 Å². The van der Waals surface area contributed by atoms with Crippen molar-refractivity contribution in [3.05, 3.63) is 47.5 Å². The van der Waals surface area contributed by atoms with Gasteiger partial charge in [0.1, 0.15) is 5.69 Å². The Kier molecular flexibility index (Phi) is 4.10. The fraction of sp³-hybridized carbons (Fsp3) is 0.250. The highest BCUT2D eigenvalue weighted by Crippen LogP contribution is 2.27. The first-order valence-corrected chi connectivity index (χ1v) is 5.85. The molecule has 0 atom stereocenters. The topological polar surface area (TPSA) is 80.0 Å². The summed E-state index contributed by atoms with van der Waals surface area (Å²) in [5.74, 6) is 0. The van der Waals surface area contributed by atoms with E-state index in [4.69, 9.17) is 5.11 Å². The number of hydrogen-bond donors (Lipinski definition) is 2. The van der Waals surface area contributed by atoms with Gasteiger partial charge < -0.3 is 10.4 Å². The van der Waals surface area contributed by atoms with Crippen LogP contribution in [0.4, 0.5) is 18.0 Å². The highest BCUT2D eigenvalue weighted by atomic mass is 19.4. The van der Waals surface area contributed by atoms with Crippen LogP contribution >= 0.6 is 0 Å². The Bertz CT molecular complexity index is 622. The third-order valence-electron chi connectivity index (χ3n) is 2.59. The number of halogens is 3. The van der Waals surface area contributed by atoms with Crippen LogP contribution in [0.3, 0.4) is 0 Å². The molecule has 0 saturated carbocycles. The second-order valence-electron chi connectivity index (χ2n) is 4.25. The predicted octanol–water partition coefficient (Wildman–Crippen LogP) is 2.11. The third-order valence-corrected chi connectivity index (χ3v) is 2.59. The first-order valence-electron chi connectivity index (χ1n) is 5.85. The van der Waals surface area contributed by atoms with Gasteiger partial charge in [0.2, 0.25) is 0 Å². The molecule has 2 aromatic rings. The Hall–Kier alpha value is -2.58. The monoisotopic (exact) mass is 300 g/mol. The molecule has 112 valence electrons. The zero-order valence-electron chi connectivity index (χ0n) is 10.6. The average Bonchev–Trinajstić information content (AvgIpc) is 2.83. The minimum absolute atomic E-state index is 0.112. The van der Waals surface area contributed by atoms with E-state index in [0.717, 1.165) is 12.3 Å². The molecular formula is C12H11F3N4O2. The summed E-state index contributed by atoms with van der Waals surface area (Å²) in [6.45, 7) is 0.360. The van der Waals surface area contributed by atoms with Gasteiger partial charge in [0, 0.05) is 24.5 Å². The second kappa shape index (κ2) is 5.81. The highest BCUT2D eigenvalue weighted by molar-refractivity contribution is 5.64. The first-order chi connectivity index (χ1) is 9.84. The molecule has 0 aromatic carbocycles. The van der Waals surface area contributed by atoms with E-state index in [0.29, 0.717) is 11.1 Å². The number of hydrogen-bond acceptors (Lipinski definition) is 3. The molecule has 9 heteroatoms. The van der Waals surface area contributed by atoms with E-state index in [1.54, 1.807) is 6.20 Å². The molecule has 0 spiro atoms. The van der Waals surface area contributed by atoms with Crippen LogP contribution in [0.15, 0.2) is 30.7 Å². The van der Waals surface area contributed by atoms with Crippen molar-refractivity contribution < 1.29 is 23.1 Å². The van der Waals surface area contributed by atoms with Crippen molar-refractivity contribution in [1.29, 1.82) is 0 Å². The fourth-order valence-electron chi connectivity index (χ4n) is 1.63. The number of alkyl halides is 3. The summed E-state index contributed by atoms with van der Waals surface area (Å²) < 4.78 is 38.6. The normalized spacial score (nSPS) is 11.4. The molecule has 2 rings (SSSR count).